The van der Waals surface area contributed by atoms with Crippen LogP contribution in [0.25, 0.3) is 0 Å². The Balaban J connectivity index is -0.0000000654. The van der Waals surface area contributed by atoms with E-state index in [0.29, 0.717) is 0 Å². The van der Waals surface area contributed by atoms with Gasteiger partial charge in [0, 0.05) is 63.9 Å². The fourth-order valence-electron chi connectivity index (χ4n) is 1.53. The van der Waals surface area contributed by atoms with E-state index in [-0.39, 0.29) is 0 Å². The highest BCUT2D eigenvalue weighted by atomic mass is 35.5. The molecule has 2 aromatic carbocycles. The largest absolute Gasteiger partial charge is 0.400 e. The molecule has 2 heterocycles. The van der Waals surface area contributed by atoms with Crippen LogP contribution >= 0.6 is 11.6 Å². The average molecular weight is 593 g/mol. The lowest BCUT2D eigenvalue weighted by atomic mass is 10.3. The van der Waals surface area contributed by atoms with Crippen LogP contribution in [0.3, 0.4) is 0 Å². The SMILES string of the molecule is CC.CC.CC.CC.CCl.CO.COC.Nc1ccccc1.Nc1ccccc1.c1ccncc1.c1ccncc1. The molecule has 4 rings (SSSR count). The molecule has 0 bridgehead atoms. The van der Waals surface area contributed by atoms with Crippen LogP contribution in [0.1, 0.15) is 55.4 Å². The van der Waals surface area contributed by atoms with Crippen LogP contribution in [-0.4, -0.2) is 42.8 Å². The molecule has 0 spiro atoms. The highest BCUT2D eigenvalue weighted by molar-refractivity contribution is 6.15. The van der Waals surface area contributed by atoms with Crippen molar-refractivity contribution in [3.05, 3.63) is 122 Å². The molecule has 7 heteroatoms. The van der Waals surface area contributed by atoms with E-state index in [1.165, 1.54) is 6.38 Å². The number of rotatable bonds is 0. The molecule has 0 amide bonds. The van der Waals surface area contributed by atoms with E-state index in [9.17, 15) is 0 Å². The number of anilines is 2. The summed E-state index contributed by atoms with van der Waals surface area (Å²) in [4.78, 5) is 7.57. The number of benzene rings is 2. The molecule has 0 aliphatic rings. The highest BCUT2D eigenvalue weighted by Gasteiger charge is 1.73. The van der Waals surface area contributed by atoms with E-state index in [0.717, 1.165) is 18.5 Å². The van der Waals surface area contributed by atoms with Gasteiger partial charge in [-0.3, -0.25) is 9.97 Å². The molecular formula is C34H61ClN4O2. The Morgan fingerprint density at radius 3 is 0.707 bits per heavy atom. The van der Waals surface area contributed by atoms with Crippen LogP contribution in [0.15, 0.2) is 122 Å². The van der Waals surface area contributed by atoms with Gasteiger partial charge >= 0.3 is 0 Å². The number of nitrogens with two attached hydrogens (primary N) is 2. The molecule has 41 heavy (non-hydrogen) atoms. The number of para-hydroxylation sites is 2. The van der Waals surface area contributed by atoms with Gasteiger partial charge in [-0.05, 0) is 48.5 Å². The van der Waals surface area contributed by atoms with E-state index in [4.69, 9.17) is 16.6 Å². The Labute approximate surface area is 258 Å². The lowest BCUT2D eigenvalue weighted by molar-refractivity contribution is 0.277. The van der Waals surface area contributed by atoms with Gasteiger partial charge in [-0.1, -0.05) is 104 Å². The summed E-state index contributed by atoms with van der Waals surface area (Å²) in [6.45, 7) is 16.0. The van der Waals surface area contributed by atoms with E-state index in [2.05, 4.69) is 26.3 Å². The number of aliphatic hydroxyl groups is 1. The average Bonchev–Trinajstić information content (AvgIpc) is 3.10. The first-order valence-electron chi connectivity index (χ1n) is 13.7. The van der Waals surface area contributed by atoms with Gasteiger partial charge in [0.2, 0.25) is 0 Å². The summed E-state index contributed by atoms with van der Waals surface area (Å²) in [5, 5.41) is 7.00. The van der Waals surface area contributed by atoms with Gasteiger partial charge in [0.15, 0.2) is 0 Å². The van der Waals surface area contributed by atoms with Crippen molar-refractivity contribution in [3.8, 4) is 0 Å². The van der Waals surface area contributed by atoms with Crippen molar-refractivity contribution < 1.29 is 9.84 Å². The molecule has 4 aromatic rings. The van der Waals surface area contributed by atoms with Gasteiger partial charge in [0.25, 0.3) is 0 Å². The minimum atomic E-state index is 0.822. The predicted molar refractivity (Wildman–Crippen MR) is 188 cm³/mol. The van der Waals surface area contributed by atoms with Crippen LogP contribution in [0.2, 0.25) is 0 Å². The molecule has 0 saturated carbocycles. The van der Waals surface area contributed by atoms with Gasteiger partial charge in [0.1, 0.15) is 0 Å². The maximum absolute atomic E-state index is 7.00. The summed E-state index contributed by atoms with van der Waals surface area (Å²) in [5.41, 5.74) is 12.4. The zero-order valence-corrected chi connectivity index (χ0v) is 28.6. The fraction of sp³-hybridized carbons (Fsp3) is 0.353. The van der Waals surface area contributed by atoms with Crippen molar-refractivity contribution in [1.29, 1.82) is 0 Å². The van der Waals surface area contributed by atoms with Crippen molar-refractivity contribution in [2.24, 2.45) is 0 Å². The Morgan fingerprint density at radius 1 is 0.463 bits per heavy atom. The predicted octanol–water partition coefficient (Wildman–Crippen LogP) is 9.53. The summed E-state index contributed by atoms with van der Waals surface area (Å²) in [7, 11) is 4.25. The van der Waals surface area contributed by atoms with Crippen LogP contribution in [0.4, 0.5) is 11.4 Å². The molecule has 6 nitrogen and oxygen atoms in total. The summed E-state index contributed by atoms with van der Waals surface area (Å²) >= 11 is 4.64. The summed E-state index contributed by atoms with van der Waals surface area (Å²) in [6.07, 6.45) is 8.47. The standard InChI is InChI=1S/2C6H7N.2C5H5N.C2H6O.4C2H6.CH3Cl.CH4O/c2*7-6-4-2-1-3-5-6;2*1-2-4-6-5-3-1;1-3-2;6*1-2/h2*1-5H,7H2;2*1-5H;1-2H3;4*1-2H3;1H3;2H,1H3. The van der Waals surface area contributed by atoms with Crippen LogP contribution in [-0.2, 0) is 4.74 Å². The third-order valence-electron chi connectivity index (χ3n) is 2.73. The van der Waals surface area contributed by atoms with Gasteiger partial charge in [0.05, 0.1) is 0 Å². The molecule has 0 aliphatic carbocycles. The number of methoxy groups -OCH3 is 1. The summed E-state index contributed by atoms with van der Waals surface area (Å²) < 4.78 is 4.25. The Morgan fingerprint density at radius 2 is 0.634 bits per heavy atom. The number of aromatic nitrogens is 2. The first-order valence-corrected chi connectivity index (χ1v) is 14.5. The lowest BCUT2D eigenvalue weighted by Gasteiger charge is -1.83. The van der Waals surface area contributed by atoms with Gasteiger partial charge in [-0.15, -0.1) is 11.6 Å². The first kappa shape index (κ1) is 53.7. The smallest absolute Gasteiger partial charge is 0.0351 e. The molecule has 0 atom stereocenters. The molecule has 0 aliphatic heterocycles. The second kappa shape index (κ2) is 70.8. The Bertz CT molecular complexity index is 662. The third kappa shape index (κ3) is 72.4. The minimum Gasteiger partial charge on any atom is -0.400 e. The number of pyridine rings is 2. The zero-order chi connectivity index (χ0) is 33.4. The van der Waals surface area contributed by atoms with E-state index in [1.807, 2.05) is 152 Å². The van der Waals surface area contributed by atoms with Crippen molar-refractivity contribution >= 4 is 23.0 Å². The van der Waals surface area contributed by atoms with Crippen molar-refractivity contribution in [2.75, 3.05) is 39.2 Å². The fourth-order valence-corrected chi connectivity index (χ4v) is 1.53. The van der Waals surface area contributed by atoms with E-state index in [1.54, 1.807) is 39.0 Å². The topological polar surface area (TPSA) is 107 Å². The number of hydrogen-bond donors (Lipinski definition) is 3. The second-order valence-corrected chi connectivity index (χ2v) is 5.28. The molecular weight excluding hydrogens is 532 g/mol. The first-order chi connectivity index (χ1) is 20.2. The summed E-state index contributed by atoms with van der Waals surface area (Å²) in [5.74, 6) is 0. The van der Waals surface area contributed by atoms with Crippen molar-refractivity contribution in [1.82, 2.24) is 9.97 Å². The summed E-state index contributed by atoms with van der Waals surface area (Å²) in [6, 6.07) is 30.4. The number of nitrogen functional groups attached to an aromatic ring is 2. The van der Waals surface area contributed by atoms with Gasteiger partial charge < -0.3 is 21.3 Å². The molecule has 5 N–H and O–H groups in total. The third-order valence-corrected chi connectivity index (χ3v) is 2.73. The lowest BCUT2D eigenvalue weighted by Crippen LogP contribution is -1.79. The molecule has 2 aromatic heterocycles. The number of alkyl halides is 1. The molecule has 0 fully saturated rings. The van der Waals surface area contributed by atoms with Crippen molar-refractivity contribution in [2.45, 2.75) is 55.4 Å². The van der Waals surface area contributed by atoms with Crippen LogP contribution in [0, 0.1) is 0 Å². The molecule has 0 unspecified atom stereocenters. The minimum absolute atomic E-state index is 0.822. The van der Waals surface area contributed by atoms with Crippen LogP contribution in [0.5, 0.6) is 0 Å². The quantitative estimate of drug-likeness (QED) is 0.139. The Hall–Kier alpha value is -3.45. The van der Waals surface area contributed by atoms with E-state index < -0.39 is 0 Å². The number of nitrogens with zero attached hydrogens (tertiary/aromatic N) is 2. The maximum atomic E-state index is 7.00. The highest BCUT2D eigenvalue weighted by Crippen LogP contribution is 1.96. The zero-order valence-electron chi connectivity index (χ0n) is 27.8. The monoisotopic (exact) mass is 592 g/mol. The van der Waals surface area contributed by atoms with Gasteiger partial charge in [-0.2, -0.15) is 0 Å². The van der Waals surface area contributed by atoms with Crippen LogP contribution < -0.4 is 11.5 Å². The van der Waals surface area contributed by atoms with Gasteiger partial charge in [-0.25, -0.2) is 0 Å². The molecule has 0 radical (unpaired) electrons. The number of ether oxygens (including phenoxy) is 1. The number of aliphatic hydroxyl groups excluding tert-OH is 1. The Kier molecular flexibility index (Phi) is 92.8. The van der Waals surface area contributed by atoms with Crippen molar-refractivity contribution in [3.63, 3.8) is 0 Å². The van der Waals surface area contributed by atoms with E-state index >= 15 is 0 Å². The molecule has 236 valence electrons. The maximum Gasteiger partial charge on any atom is 0.0351 e. The molecule has 0 saturated heterocycles. The number of halogens is 1. The number of hydrogen-bond acceptors (Lipinski definition) is 6. The second-order valence-electron chi connectivity index (χ2n) is 5.28. The normalized spacial score (nSPS) is 6.59.